The molecule has 0 bridgehead atoms. The zero-order chi connectivity index (χ0) is 21.0. The Morgan fingerprint density at radius 1 is 1.17 bits per heavy atom. The molecule has 0 aliphatic carbocycles. The van der Waals surface area contributed by atoms with Crippen LogP contribution in [0.5, 0.6) is 5.75 Å². The van der Waals surface area contributed by atoms with Crippen molar-refractivity contribution in [3.05, 3.63) is 80.2 Å². The number of nitrogens with one attached hydrogen (secondary N) is 1. The summed E-state index contributed by atoms with van der Waals surface area (Å²) in [5.41, 5.74) is 9.03. The smallest absolute Gasteiger partial charge is 0.244 e. The first-order valence-electron chi connectivity index (χ1n) is 9.29. The molecule has 0 radical (unpaired) electrons. The molecule has 150 valence electrons. The zero-order valence-electron chi connectivity index (χ0n) is 17.0. The predicted octanol–water partition coefficient (Wildman–Crippen LogP) is 4.71. The first-order valence-corrected chi connectivity index (χ1v) is 10.4. The summed E-state index contributed by atoms with van der Waals surface area (Å²) in [6, 6.07) is 15.9. The van der Waals surface area contributed by atoms with Crippen molar-refractivity contribution < 1.29 is 9.53 Å². The molecule has 0 fully saturated rings. The van der Waals surface area contributed by atoms with Crippen molar-refractivity contribution in [3.63, 3.8) is 0 Å². The second-order valence-electron chi connectivity index (χ2n) is 6.92. The highest BCUT2D eigenvalue weighted by molar-refractivity contribution is 14.1. The molecule has 5 nitrogen and oxygen atoms in total. The Kier molecular flexibility index (Phi) is 6.74. The summed E-state index contributed by atoms with van der Waals surface area (Å²) in [6.45, 7) is 6.23. The van der Waals surface area contributed by atoms with Crippen molar-refractivity contribution in [2.24, 2.45) is 5.10 Å². The summed E-state index contributed by atoms with van der Waals surface area (Å²) >= 11 is 2.34. The number of carbonyl (C=O) groups is 1. The molecule has 6 heteroatoms. The number of amides is 1. The summed E-state index contributed by atoms with van der Waals surface area (Å²) in [5, 5.41) is 4.15. The first-order chi connectivity index (χ1) is 13.9. The number of benzene rings is 2. The van der Waals surface area contributed by atoms with Crippen LogP contribution in [0.15, 0.2) is 53.6 Å². The maximum absolute atomic E-state index is 12.2. The van der Waals surface area contributed by atoms with Gasteiger partial charge < -0.3 is 9.30 Å². The molecule has 0 saturated heterocycles. The molecule has 1 N–H and O–H groups in total. The number of carbonyl (C=O) groups excluding carboxylic acids is 1. The van der Waals surface area contributed by atoms with Gasteiger partial charge in [-0.1, -0.05) is 12.1 Å². The van der Waals surface area contributed by atoms with E-state index in [1.165, 1.54) is 9.13 Å². The number of rotatable bonds is 6. The molecular formula is C23H24IN3O2. The highest BCUT2D eigenvalue weighted by atomic mass is 127. The van der Waals surface area contributed by atoms with Gasteiger partial charge in [0.1, 0.15) is 5.75 Å². The largest absolute Gasteiger partial charge is 0.497 e. The van der Waals surface area contributed by atoms with Crippen molar-refractivity contribution in [1.29, 1.82) is 0 Å². The molecule has 0 saturated carbocycles. The molecule has 1 heterocycles. The van der Waals surface area contributed by atoms with Gasteiger partial charge in [-0.3, -0.25) is 4.79 Å². The molecule has 0 atom stereocenters. The molecule has 0 spiro atoms. The third kappa shape index (κ3) is 5.06. The number of aryl methyl sites for hydroxylation is 2. The molecule has 3 aromatic rings. The molecule has 29 heavy (non-hydrogen) atoms. The fourth-order valence-electron chi connectivity index (χ4n) is 3.26. The van der Waals surface area contributed by atoms with Gasteiger partial charge in [-0.2, -0.15) is 5.10 Å². The number of aromatic nitrogens is 1. The average Bonchev–Trinajstić information content (AvgIpc) is 2.97. The topological polar surface area (TPSA) is 55.6 Å². The van der Waals surface area contributed by atoms with E-state index in [1.54, 1.807) is 13.3 Å². The van der Waals surface area contributed by atoms with E-state index in [9.17, 15) is 4.79 Å². The van der Waals surface area contributed by atoms with E-state index in [-0.39, 0.29) is 12.3 Å². The van der Waals surface area contributed by atoms with Crippen molar-refractivity contribution in [3.8, 4) is 11.4 Å². The van der Waals surface area contributed by atoms with Crippen LogP contribution in [0, 0.1) is 24.3 Å². The Morgan fingerprint density at radius 2 is 1.97 bits per heavy atom. The van der Waals surface area contributed by atoms with E-state index in [0.717, 1.165) is 34.0 Å². The molecule has 2 aromatic carbocycles. The normalized spacial score (nSPS) is 11.1. The van der Waals surface area contributed by atoms with Crippen LogP contribution >= 0.6 is 22.6 Å². The first kappa shape index (κ1) is 21.1. The maximum atomic E-state index is 12.2. The van der Waals surface area contributed by atoms with Crippen LogP contribution in [-0.2, 0) is 11.2 Å². The second kappa shape index (κ2) is 9.26. The minimum Gasteiger partial charge on any atom is -0.497 e. The van der Waals surface area contributed by atoms with Crippen LogP contribution in [0.3, 0.4) is 0 Å². The number of hydrogen-bond acceptors (Lipinski definition) is 3. The van der Waals surface area contributed by atoms with Crippen LogP contribution in [0.4, 0.5) is 0 Å². The van der Waals surface area contributed by atoms with Gasteiger partial charge in [0.05, 0.1) is 19.7 Å². The van der Waals surface area contributed by atoms with Gasteiger partial charge in [-0.15, -0.1) is 0 Å². The fraction of sp³-hybridized carbons (Fsp3) is 0.217. The fourth-order valence-corrected chi connectivity index (χ4v) is 3.60. The summed E-state index contributed by atoms with van der Waals surface area (Å²) in [7, 11) is 1.61. The number of methoxy groups -OCH3 is 1. The van der Waals surface area contributed by atoms with E-state index in [0.29, 0.717) is 0 Å². The zero-order valence-corrected chi connectivity index (χ0v) is 19.1. The summed E-state index contributed by atoms with van der Waals surface area (Å²) in [5.74, 6) is 0.564. The van der Waals surface area contributed by atoms with Crippen LogP contribution in [0.2, 0.25) is 0 Å². The number of nitrogens with zero attached hydrogens (tertiary/aromatic N) is 2. The third-order valence-electron chi connectivity index (χ3n) is 4.76. The van der Waals surface area contributed by atoms with Gasteiger partial charge in [0.2, 0.25) is 5.91 Å². The standard InChI is InChI=1S/C23H24IN3O2/c1-15-10-20(8-9-22(15)24)27-16(2)11-19(17(27)3)14-25-26-23(28)13-18-6-5-7-21(12-18)29-4/h5-12,14H,13H2,1-4H3,(H,26,28)/b25-14+. The highest BCUT2D eigenvalue weighted by Crippen LogP contribution is 2.22. The van der Waals surface area contributed by atoms with Crippen LogP contribution < -0.4 is 10.2 Å². The average molecular weight is 501 g/mol. The van der Waals surface area contributed by atoms with Crippen molar-refractivity contribution in [2.45, 2.75) is 27.2 Å². The van der Waals surface area contributed by atoms with Crippen LogP contribution in [-0.4, -0.2) is 23.8 Å². The molecule has 1 amide bonds. The Bertz CT molecular complexity index is 1070. The van der Waals surface area contributed by atoms with Crippen LogP contribution in [0.25, 0.3) is 5.69 Å². The van der Waals surface area contributed by atoms with E-state index >= 15 is 0 Å². The number of halogens is 1. The lowest BCUT2D eigenvalue weighted by atomic mass is 10.1. The van der Waals surface area contributed by atoms with Crippen molar-refractivity contribution >= 4 is 34.7 Å². The Morgan fingerprint density at radius 3 is 2.69 bits per heavy atom. The molecule has 1 aromatic heterocycles. The van der Waals surface area contributed by atoms with Crippen molar-refractivity contribution in [2.75, 3.05) is 7.11 Å². The predicted molar refractivity (Wildman–Crippen MR) is 125 cm³/mol. The van der Waals surface area contributed by atoms with E-state index in [2.05, 4.69) is 82.7 Å². The van der Waals surface area contributed by atoms with Crippen molar-refractivity contribution in [1.82, 2.24) is 9.99 Å². The van der Waals surface area contributed by atoms with Gasteiger partial charge in [0.25, 0.3) is 0 Å². The lowest BCUT2D eigenvalue weighted by Gasteiger charge is -2.11. The molecule has 0 aliphatic rings. The van der Waals surface area contributed by atoms with Gasteiger partial charge in [0.15, 0.2) is 0 Å². The maximum Gasteiger partial charge on any atom is 0.244 e. The van der Waals surface area contributed by atoms with Gasteiger partial charge in [-0.05, 0) is 90.9 Å². The Hall–Kier alpha value is -2.61. The molecule has 0 unspecified atom stereocenters. The molecule has 0 aliphatic heterocycles. The van der Waals surface area contributed by atoms with E-state index < -0.39 is 0 Å². The second-order valence-corrected chi connectivity index (χ2v) is 8.08. The molecule has 3 rings (SSSR count). The minimum atomic E-state index is -0.170. The monoisotopic (exact) mass is 501 g/mol. The number of hydrogen-bond donors (Lipinski definition) is 1. The quantitative estimate of drug-likeness (QED) is 0.302. The third-order valence-corrected chi connectivity index (χ3v) is 5.97. The lowest BCUT2D eigenvalue weighted by Crippen LogP contribution is -2.19. The lowest BCUT2D eigenvalue weighted by molar-refractivity contribution is -0.120. The summed E-state index contributed by atoms with van der Waals surface area (Å²) < 4.78 is 8.63. The van der Waals surface area contributed by atoms with Gasteiger partial charge >= 0.3 is 0 Å². The minimum absolute atomic E-state index is 0.170. The van der Waals surface area contributed by atoms with Crippen LogP contribution in [0.1, 0.15) is 28.1 Å². The Balaban J connectivity index is 1.71. The van der Waals surface area contributed by atoms with E-state index in [1.807, 2.05) is 24.3 Å². The van der Waals surface area contributed by atoms with Gasteiger partial charge in [0, 0.05) is 26.2 Å². The van der Waals surface area contributed by atoms with Gasteiger partial charge in [-0.25, -0.2) is 5.43 Å². The SMILES string of the molecule is COc1cccc(CC(=O)N/N=C/c2cc(C)n(-c3ccc(I)c(C)c3)c2C)c1. The highest BCUT2D eigenvalue weighted by Gasteiger charge is 2.10. The number of hydrazone groups is 1. The van der Waals surface area contributed by atoms with E-state index in [4.69, 9.17) is 4.74 Å². The Labute approximate surface area is 184 Å². The number of ether oxygens (including phenoxy) is 1. The summed E-state index contributed by atoms with van der Waals surface area (Å²) in [4.78, 5) is 12.2. The molecular weight excluding hydrogens is 477 g/mol. The summed E-state index contributed by atoms with van der Waals surface area (Å²) in [6.07, 6.45) is 1.94.